The molecule has 1 aromatic heterocycles. The molecule has 4 rings (SSSR count). The summed E-state index contributed by atoms with van der Waals surface area (Å²) in [5.41, 5.74) is 4.09. The van der Waals surface area contributed by atoms with Gasteiger partial charge in [0.1, 0.15) is 0 Å². The fourth-order valence-electron chi connectivity index (χ4n) is 2.89. The lowest BCUT2D eigenvalue weighted by atomic mass is 10.0. The highest BCUT2D eigenvalue weighted by atomic mass is 32.1. The first-order valence-electron chi connectivity index (χ1n) is 9.11. The molecule has 4 nitrogen and oxygen atoms in total. The Bertz CT molecular complexity index is 1100. The minimum atomic E-state index is -0.181. The van der Waals surface area contributed by atoms with Gasteiger partial charge >= 0.3 is 0 Å². The number of hydrogen-bond acceptors (Lipinski definition) is 3. The highest BCUT2D eigenvalue weighted by Crippen LogP contribution is 2.20. The van der Waals surface area contributed by atoms with Crippen molar-refractivity contribution in [1.29, 1.82) is 0 Å². The first-order valence-corrected chi connectivity index (χ1v) is 9.99. The summed E-state index contributed by atoms with van der Waals surface area (Å²) < 4.78 is 0. The Morgan fingerprint density at radius 1 is 0.586 bits per heavy atom. The molecule has 1 heterocycles. The summed E-state index contributed by atoms with van der Waals surface area (Å²) in [5.74, 6) is -0.324. The predicted octanol–water partition coefficient (Wildman–Crippen LogP) is 5.92. The fraction of sp³-hybridized carbons (Fsp3) is 0. The fourth-order valence-corrected chi connectivity index (χ4v) is 3.50. The quantitative estimate of drug-likeness (QED) is 0.438. The van der Waals surface area contributed by atoms with Crippen LogP contribution in [0.4, 0.5) is 11.4 Å². The number of amides is 2. The van der Waals surface area contributed by atoms with Gasteiger partial charge in [0.05, 0.1) is 4.88 Å². The molecule has 0 saturated heterocycles. The van der Waals surface area contributed by atoms with Crippen molar-refractivity contribution in [3.63, 3.8) is 0 Å². The molecule has 0 fully saturated rings. The summed E-state index contributed by atoms with van der Waals surface area (Å²) in [6, 6.07) is 28.2. The van der Waals surface area contributed by atoms with E-state index in [-0.39, 0.29) is 11.8 Å². The van der Waals surface area contributed by atoms with Crippen LogP contribution in [0.25, 0.3) is 11.1 Å². The minimum Gasteiger partial charge on any atom is -0.322 e. The second-order valence-corrected chi connectivity index (χ2v) is 7.35. The van der Waals surface area contributed by atoms with Crippen molar-refractivity contribution in [2.75, 3.05) is 10.6 Å². The Morgan fingerprint density at radius 3 is 1.76 bits per heavy atom. The number of nitrogens with one attached hydrogen (secondary N) is 2. The zero-order valence-corrected chi connectivity index (χ0v) is 16.3. The van der Waals surface area contributed by atoms with Crippen molar-refractivity contribution in [2.24, 2.45) is 0 Å². The first kappa shape index (κ1) is 18.7. The van der Waals surface area contributed by atoms with Gasteiger partial charge in [0.15, 0.2) is 0 Å². The van der Waals surface area contributed by atoms with E-state index in [9.17, 15) is 9.59 Å². The van der Waals surface area contributed by atoms with Crippen molar-refractivity contribution >= 4 is 34.5 Å². The van der Waals surface area contributed by atoms with Crippen LogP contribution >= 0.6 is 11.3 Å². The van der Waals surface area contributed by atoms with E-state index in [1.54, 1.807) is 30.3 Å². The highest BCUT2D eigenvalue weighted by Gasteiger charge is 2.09. The average Bonchev–Trinajstić information content (AvgIpc) is 3.31. The molecule has 142 valence electrons. The zero-order valence-electron chi connectivity index (χ0n) is 15.5. The van der Waals surface area contributed by atoms with Gasteiger partial charge < -0.3 is 10.6 Å². The van der Waals surface area contributed by atoms with Crippen LogP contribution < -0.4 is 10.6 Å². The monoisotopic (exact) mass is 398 g/mol. The molecule has 2 amide bonds. The third-order valence-corrected chi connectivity index (χ3v) is 5.27. The smallest absolute Gasteiger partial charge is 0.265 e. The van der Waals surface area contributed by atoms with Crippen LogP contribution in [-0.4, -0.2) is 11.8 Å². The highest BCUT2D eigenvalue weighted by molar-refractivity contribution is 7.12. The Balaban J connectivity index is 1.39. The normalized spacial score (nSPS) is 10.3. The maximum Gasteiger partial charge on any atom is 0.265 e. The number of thiophene rings is 1. The summed E-state index contributed by atoms with van der Waals surface area (Å²) >= 11 is 1.39. The third kappa shape index (κ3) is 4.59. The lowest BCUT2D eigenvalue weighted by molar-refractivity contribution is 0.102. The van der Waals surface area contributed by atoms with Crippen molar-refractivity contribution in [3.8, 4) is 11.1 Å². The van der Waals surface area contributed by atoms with Gasteiger partial charge in [0.25, 0.3) is 11.8 Å². The van der Waals surface area contributed by atoms with Crippen LogP contribution in [0.15, 0.2) is 96.4 Å². The van der Waals surface area contributed by atoms with Gasteiger partial charge in [-0.2, -0.15) is 0 Å². The summed E-state index contributed by atoms with van der Waals surface area (Å²) in [5, 5.41) is 7.57. The molecule has 0 atom stereocenters. The van der Waals surface area contributed by atoms with Gasteiger partial charge in [-0.25, -0.2) is 0 Å². The van der Waals surface area contributed by atoms with Gasteiger partial charge in [0.2, 0.25) is 0 Å². The second kappa shape index (κ2) is 8.54. The molecular weight excluding hydrogens is 380 g/mol. The largest absolute Gasteiger partial charge is 0.322 e. The summed E-state index contributed by atoms with van der Waals surface area (Å²) in [6.45, 7) is 0. The lowest BCUT2D eigenvalue weighted by Crippen LogP contribution is -2.12. The van der Waals surface area contributed by atoms with E-state index in [1.165, 1.54) is 11.3 Å². The Kier molecular flexibility index (Phi) is 5.49. The Hall–Kier alpha value is -3.70. The van der Waals surface area contributed by atoms with E-state index in [1.807, 2.05) is 66.0 Å². The first-order chi connectivity index (χ1) is 14.2. The van der Waals surface area contributed by atoms with Crippen LogP contribution in [0.5, 0.6) is 0 Å². The number of carbonyl (C=O) groups excluding carboxylic acids is 2. The molecule has 4 aromatic rings. The van der Waals surface area contributed by atoms with Crippen LogP contribution in [0.3, 0.4) is 0 Å². The molecule has 0 aliphatic heterocycles. The third-order valence-electron chi connectivity index (χ3n) is 4.40. The molecule has 0 aliphatic carbocycles. The van der Waals surface area contributed by atoms with E-state index in [4.69, 9.17) is 0 Å². The summed E-state index contributed by atoms with van der Waals surface area (Å²) in [7, 11) is 0. The topological polar surface area (TPSA) is 58.2 Å². The number of benzene rings is 3. The lowest BCUT2D eigenvalue weighted by Gasteiger charge is -2.08. The van der Waals surface area contributed by atoms with Crippen LogP contribution in [0.1, 0.15) is 20.0 Å². The SMILES string of the molecule is O=C(Nc1ccc(NC(=O)c2cccs2)cc1)c1ccc(-c2ccccc2)cc1. The van der Waals surface area contributed by atoms with Crippen molar-refractivity contribution in [3.05, 3.63) is 107 Å². The van der Waals surface area contributed by atoms with Crippen LogP contribution in [0.2, 0.25) is 0 Å². The molecule has 0 radical (unpaired) electrons. The van der Waals surface area contributed by atoms with E-state index >= 15 is 0 Å². The molecule has 2 N–H and O–H groups in total. The van der Waals surface area contributed by atoms with Gasteiger partial charge in [-0.15, -0.1) is 11.3 Å². The number of anilines is 2. The number of hydrogen-bond donors (Lipinski definition) is 2. The van der Waals surface area contributed by atoms with Gasteiger partial charge in [0, 0.05) is 16.9 Å². The second-order valence-electron chi connectivity index (χ2n) is 6.41. The molecule has 29 heavy (non-hydrogen) atoms. The van der Waals surface area contributed by atoms with Gasteiger partial charge in [-0.3, -0.25) is 9.59 Å². The zero-order chi connectivity index (χ0) is 20.1. The van der Waals surface area contributed by atoms with Gasteiger partial charge in [-0.05, 0) is 59.0 Å². The molecule has 5 heteroatoms. The van der Waals surface area contributed by atoms with Gasteiger partial charge in [-0.1, -0.05) is 48.5 Å². The van der Waals surface area contributed by atoms with Crippen molar-refractivity contribution in [2.45, 2.75) is 0 Å². The maximum atomic E-state index is 12.5. The molecule has 0 aliphatic rings. The standard InChI is InChI=1S/C24H18N2O2S/c27-23(19-10-8-18(9-11-19)17-5-2-1-3-6-17)25-20-12-14-21(15-13-20)26-24(28)22-7-4-16-29-22/h1-16H,(H,25,27)(H,26,28). The molecule has 0 unspecified atom stereocenters. The van der Waals surface area contributed by atoms with Crippen LogP contribution in [0, 0.1) is 0 Å². The van der Waals surface area contributed by atoms with E-state index in [0.29, 0.717) is 21.8 Å². The molecule has 3 aromatic carbocycles. The molecule has 0 saturated carbocycles. The van der Waals surface area contributed by atoms with Crippen LogP contribution in [-0.2, 0) is 0 Å². The molecule has 0 spiro atoms. The summed E-state index contributed by atoms with van der Waals surface area (Å²) in [6.07, 6.45) is 0. The Morgan fingerprint density at radius 2 is 1.17 bits per heavy atom. The van der Waals surface area contributed by atoms with Crippen molar-refractivity contribution in [1.82, 2.24) is 0 Å². The van der Waals surface area contributed by atoms with E-state index < -0.39 is 0 Å². The summed E-state index contributed by atoms with van der Waals surface area (Å²) in [4.78, 5) is 25.2. The Labute approximate surface area is 172 Å². The van der Waals surface area contributed by atoms with E-state index in [0.717, 1.165) is 11.1 Å². The molecular formula is C24H18N2O2S. The van der Waals surface area contributed by atoms with E-state index in [2.05, 4.69) is 10.6 Å². The predicted molar refractivity (Wildman–Crippen MR) is 119 cm³/mol. The minimum absolute atomic E-state index is 0.143. The average molecular weight is 398 g/mol. The molecule has 0 bridgehead atoms. The number of carbonyl (C=O) groups is 2. The maximum absolute atomic E-state index is 12.5. The number of rotatable bonds is 5. The van der Waals surface area contributed by atoms with Crippen molar-refractivity contribution < 1.29 is 9.59 Å².